The van der Waals surface area contributed by atoms with Crippen LogP contribution in [0.1, 0.15) is 27.0 Å². The van der Waals surface area contributed by atoms with Crippen molar-refractivity contribution >= 4 is 35.6 Å². The molecule has 10 nitrogen and oxygen atoms in total. The van der Waals surface area contributed by atoms with Gasteiger partial charge in [-0.25, -0.2) is 14.5 Å². The van der Waals surface area contributed by atoms with Gasteiger partial charge in [0.15, 0.2) is 11.5 Å². The molecule has 10 heteroatoms. The number of amides is 4. The maximum atomic E-state index is 12.8. The molecule has 3 aromatic rings. The lowest BCUT2D eigenvalue weighted by molar-refractivity contribution is -0.127. The van der Waals surface area contributed by atoms with Crippen molar-refractivity contribution in [1.29, 1.82) is 0 Å². The lowest BCUT2D eigenvalue weighted by atomic mass is 10.1. The fourth-order valence-electron chi connectivity index (χ4n) is 3.80. The van der Waals surface area contributed by atoms with Crippen molar-refractivity contribution in [3.63, 3.8) is 0 Å². The van der Waals surface area contributed by atoms with Crippen LogP contribution in [0.15, 0.2) is 72.4 Å². The quantitative estimate of drug-likeness (QED) is 0.291. The summed E-state index contributed by atoms with van der Waals surface area (Å²) >= 11 is 0. The van der Waals surface area contributed by atoms with Gasteiger partial charge in [0.1, 0.15) is 18.8 Å². The first kappa shape index (κ1) is 26.0. The lowest BCUT2D eigenvalue weighted by Gasteiger charge is -2.12. The molecule has 4 amide bonds. The van der Waals surface area contributed by atoms with E-state index >= 15 is 0 Å². The van der Waals surface area contributed by atoms with E-state index in [2.05, 4.69) is 10.6 Å². The number of hydrogen-bond donors (Lipinski definition) is 3. The molecule has 0 spiro atoms. The zero-order valence-corrected chi connectivity index (χ0v) is 20.7. The van der Waals surface area contributed by atoms with Gasteiger partial charge in [0, 0.05) is 5.69 Å². The Kier molecular flexibility index (Phi) is 7.72. The van der Waals surface area contributed by atoms with Crippen molar-refractivity contribution in [2.24, 2.45) is 0 Å². The van der Waals surface area contributed by atoms with Gasteiger partial charge in [-0.15, -0.1) is 0 Å². The standard InChI is InChI=1S/C28H25N3O7/c1-17-5-3-8-21(11-17)29-25(32)15-31-26(33)22(30-28(31)36)13-18-9-10-23(24(14-18)37-2)38-16-19-6-4-7-20(12-19)27(34)35/h3-14H,15-16H2,1-2H3,(H,29,32)(H,30,36)(H,34,35)/b22-13+. The van der Waals surface area contributed by atoms with Gasteiger partial charge in [0.25, 0.3) is 5.91 Å². The normalized spacial score (nSPS) is 13.8. The number of benzene rings is 3. The number of aromatic carboxylic acids is 1. The van der Waals surface area contributed by atoms with Gasteiger partial charge in [-0.05, 0) is 66.1 Å². The highest BCUT2D eigenvalue weighted by Crippen LogP contribution is 2.30. The molecule has 3 N–H and O–H groups in total. The molecule has 1 fully saturated rings. The highest BCUT2D eigenvalue weighted by atomic mass is 16.5. The minimum Gasteiger partial charge on any atom is -0.493 e. The van der Waals surface area contributed by atoms with Gasteiger partial charge in [0.05, 0.1) is 12.7 Å². The largest absolute Gasteiger partial charge is 0.493 e. The van der Waals surface area contributed by atoms with Crippen molar-refractivity contribution < 1.29 is 33.8 Å². The number of carbonyl (C=O) groups is 4. The Morgan fingerprint density at radius 3 is 2.55 bits per heavy atom. The fraction of sp³-hybridized carbons (Fsp3) is 0.143. The average molecular weight is 516 g/mol. The third-order valence-corrected chi connectivity index (χ3v) is 5.63. The van der Waals surface area contributed by atoms with Gasteiger partial charge in [-0.1, -0.05) is 30.3 Å². The van der Waals surface area contributed by atoms with E-state index in [9.17, 15) is 19.2 Å². The van der Waals surface area contributed by atoms with Gasteiger partial charge in [-0.2, -0.15) is 0 Å². The second kappa shape index (κ2) is 11.3. The first-order chi connectivity index (χ1) is 18.2. The number of carboxylic acids is 1. The van der Waals surface area contributed by atoms with Crippen LogP contribution in [0.5, 0.6) is 11.5 Å². The predicted molar refractivity (Wildman–Crippen MR) is 139 cm³/mol. The fourth-order valence-corrected chi connectivity index (χ4v) is 3.80. The van der Waals surface area contributed by atoms with Crippen LogP contribution in [0.3, 0.4) is 0 Å². The van der Waals surface area contributed by atoms with Crippen molar-refractivity contribution in [3.8, 4) is 11.5 Å². The molecule has 0 atom stereocenters. The average Bonchev–Trinajstić information content (AvgIpc) is 3.15. The van der Waals surface area contributed by atoms with E-state index in [1.807, 2.05) is 13.0 Å². The Morgan fingerprint density at radius 1 is 1.03 bits per heavy atom. The predicted octanol–water partition coefficient (Wildman–Crippen LogP) is 3.81. The van der Waals surface area contributed by atoms with E-state index in [-0.39, 0.29) is 17.9 Å². The number of anilines is 1. The topological polar surface area (TPSA) is 134 Å². The van der Waals surface area contributed by atoms with E-state index in [0.717, 1.165) is 10.5 Å². The first-order valence-corrected chi connectivity index (χ1v) is 11.6. The third kappa shape index (κ3) is 6.16. The molecule has 0 aliphatic carbocycles. The molecule has 1 heterocycles. The molecule has 194 valence electrons. The summed E-state index contributed by atoms with van der Waals surface area (Å²) in [6, 6.07) is 17.8. The molecule has 0 unspecified atom stereocenters. The van der Waals surface area contributed by atoms with Crippen LogP contribution in [0.4, 0.5) is 10.5 Å². The van der Waals surface area contributed by atoms with Gasteiger partial charge in [-0.3, -0.25) is 9.59 Å². The van der Waals surface area contributed by atoms with E-state index in [1.165, 1.54) is 25.3 Å². The Labute approximate surface area is 218 Å². The number of carbonyl (C=O) groups excluding carboxylic acids is 3. The summed E-state index contributed by atoms with van der Waals surface area (Å²) in [4.78, 5) is 49.6. The smallest absolute Gasteiger partial charge is 0.335 e. The van der Waals surface area contributed by atoms with Gasteiger partial charge in [0.2, 0.25) is 5.91 Å². The molecule has 0 aromatic heterocycles. The Bertz CT molecular complexity index is 1450. The van der Waals surface area contributed by atoms with Crippen LogP contribution in [0.2, 0.25) is 0 Å². The van der Waals surface area contributed by atoms with E-state index < -0.39 is 30.4 Å². The van der Waals surface area contributed by atoms with Crippen molar-refractivity contribution in [2.75, 3.05) is 19.0 Å². The summed E-state index contributed by atoms with van der Waals surface area (Å²) in [5.41, 5.74) is 2.93. The monoisotopic (exact) mass is 515 g/mol. The van der Waals surface area contributed by atoms with Crippen LogP contribution in [-0.4, -0.2) is 47.5 Å². The minimum atomic E-state index is -1.03. The number of nitrogens with one attached hydrogen (secondary N) is 2. The van der Waals surface area contributed by atoms with Crippen molar-refractivity contribution in [1.82, 2.24) is 10.2 Å². The zero-order chi connectivity index (χ0) is 27.2. The van der Waals surface area contributed by atoms with Crippen LogP contribution >= 0.6 is 0 Å². The molecule has 3 aromatic carbocycles. The van der Waals surface area contributed by atoms with Crippen LogP contribution in [-0.2, 0) is 16.2 Å². The summed E-state index contributed by atoms with van der Waals surface area (Å²) in [6.07, 6.45) is 1.47. The summed E-state index contributed by atoms with van der Waals surface area (Å²) in [6.45, 7) is 1.57. The number of ether oxygens (including phenoxy) is 2. The van der Waals surface area contributed by atoms with Crippen molar-refractivity contribution in [3.05, 3.63) is 94.7 Å². The maximum absolute atomic E-state index is 12.8. The number of imide groups is 1. The number of aryl methyl sites for hydroxylation is 1. The minimum absolute atomic E-state index is 0.0135. The van der Waals surface area contributed by atoms with Crippen molar-refractivity contribution in [2.45, 2.75) is 13.5 Å². The van der Waals surface area contributed by atoms with Gasteiger partial charge < -0.3 is 25.2 Å². The summed E-state index contributed by atoms with van der Waals surface area (Å²) < 4.78 is 11.2. The molecular formula is C28H25N3O7. The Morgan fingerprint density at radius 2 is 1.82 bits per heavy atom. The number of carboxylic acid groups (broad SMARTS) is 1. The Balaban J connectivity index is 1.43. The van der Waals surface area contributed by atoms with Crippen LogP contribution < -0.4 is 20.1 Å². The molecule has 4 rings (SSSR count). The summed E-state index contributed by atoms with van der Waals surface area (Å²) in [5, 5.41) is 14.3. The van der Waals surface area contributed by atoms with Crippen LogP contribution in [0.25, 0.3) is 6.08 Å². The molecule has 1 saturated heterocycles. The van der Waals surface area contributed by atoms with E-state index in [1.54, 1.807) is 48.5 Å². The molecule has 0 bridgehead atoms. The van der Waals surface area contributed by atoms with E-state index in [0.29, 0.717) is 28.3 Å². The highest BCUT2D eigenvalue weighted by molar-refractivity contribution is 6.16. The molecule has 1 aliphatic rings. The van der Waals surface area contributed by atoms with E-state index in [4.69, 9.17) is 14.6 Å². The second-order valence-electron chi connectivity index (χ2n) is 8.50. The molecule has 0 saturated carbocycles. The molecule has 0 radical (unpaired) electrons. The van der Waals surface area contributed by atoms with Gasteiger partial charge >= 0.3 is 12.0 Å². The number of methoxy groups -OCH3 is 1. The summed E-state index contributed by atoms with van der Waals surface area (Å²) in [7, 11) is 1.46. The number of hydrogen-bond acceptors (Lipinski definition) is 6. The SMILES string of the molecule is COc1cc(/C=C2/NC(=O)N(CC(=O)Nc3cccc(C)c3)C2=O)ccc1OCc1cccc(C(=O)O)c1. The first-order valence-electron chi connectivity index (χ1n) is 11.6. The highest BCUT2D eigenvalue weighted by Gasteiger charge is 2.35. The molecular weight excluding hydrogens is 490 g/mol. The maximum Gasteiger partial charge on any atom is 0.335 e. The Hall–Kier alpha value is -5.12. The molecule has 1 aliphatic heterocycles. The zero-order valence-electron chi connectivity index (χ0n) is 20.7. The third-order valence-electron chi connectivity index (χ3n) is 5.63. The molecule has 38 heavy (non-hydrogen) atoms. The second-order valence-corrected chi connectivity index (χ2v) is 8.50. The summed E-state index contributed by atoms with van der Waals surface area (Å²) in [5.74, 6) is -1.38. The number of nitrogens with zero attached hydrogens (tertiary/aromatic N) is 1. The lowest BCUT2D eigenvalue weighted by Crippen LogP contribution is -2.38. The number of rotatable bonds is 9. The van der Waals surface area contributed by atoms with Crippen LogP contribution in [0, 0.1) is 6.92 Å². The number of urea groups is 1.